The van der Waals surface area contributed by atoms with Gasteiger partial charge in [0.05, 0.1) is 48.0 Å². The first-order valence-corrected chi connectivity index (χ1v) is 30.1. The van der Waals surface area contributed by atoms with Crippen molar-refractivity contribution in [2.75, 3.05) is 40.9 Å². The van der Waals surface area contributed by atoms with Crippen molar-refractivity contribution < 1.29 is 47.5 Å². The van der Waals surface area contributed by atoms with Gasteiger partial charge in [-0.25, -0.2) is 5.43 Å². The standard InChI is InChI=1S/C63H78N8O10S/c1-10-69-52-26-23-43-33-48(52)49(57(69)47-17-13-27-64-54(47)38(3)79-9)34-63(5,6)36-80-62(77)50-18-14-28-70(66-50)60(75)51(31-40-29-44(43)32-45(30-40)81-39(4)72)65-59(74)56(41-15-11-12-16-41)68(8)53(73)35-67(7)61(76)58-55(42-21-22-42)71(58)82(78)46-24-19-37(2)20-25-46/h13,17,19-20,23-27,29-30,32-33,38,41-42,50-51,55-56,58,66H,10-12,14-16,18,21-22,28,31,34-36H2,1-9H3,(H,65,74)/t38-,50-,51-,55+,56-,58+,71?,82?/m0/s1. The number of hydrogen-bond acceptors (Lipinski definition) is 13. The van der Waals surface area contributed by atoms with Crippen molar-refractivity contribution in [1.82, 2.24) is 39.4 Å². The van der Waals surface area contributed by atoms with Gasteiger partial charge in [0.1, 0.15) is 23.9 Å². The number of benzene rings is 3. The SMILES string of the molecule is CCn1c(-c2cccnc2[C@H](C)OC)c2c3cc(ccc31)-c1cc(cc(OC(C)=O)c1)C[C@H](NC(=O)[C@H](C1CCCC1)N(C)C(=O)CN(C)C(=O)[C@H]1[C@@H](C3CC3)N1[S+]([O-])c1ccc(C)cc1)C(=O)N1CCC[C@H](N1)C(=O)OCC(C)(C)C2. The maximum Gasteiger partial charge on any atom is 0.324 e. The molecule has 2 N–H and O–H groups in total. The molecule has 8 atom stereocenters. The van der Waals surface area contributed by atoms with Crippen molar-refractivity contribution in [2.24, 2.45) is 17.3 Å². The number of aryl methyl sites for hydroxylation is 2. The predicted octanol–water partition coefficient (Wildman–Crippen LogP) is 7.64. The number of hydrogen-bond donors (Lipinski definition) is 2. The third-order valence-electron chi connectivity index (χ3n) is 17.2. The molecule has 4 fully saturated rings. The molecule has 10 rings (SSSR count). The summed E-state index contributed by atoms with van der Waals surface area (Å²) in [5.74, 6) is -2.59. The van der Waals surface area contributed by atoms with Crippen LogP contribution >= 0.6 is 0 Å². The number of fused-ring (bicyclic) bond motifs is 6. The van der Waals surface area contributed by atoms with Crippen LogP contribution < -0.4 is 15.5 Å². The molecule has 5 heterocycles. The van der Waals surface area contributed by atoms with Gasteiger partial charge in [0.15, 0.2) is 10.9 Å². The summed E-state index contributed by atoms with van der Waals surface area (Å²) in [7, 11) is 4.81. The van der Waals surface area contributed by atoms with E-state index in [2.05, 4.69) is 54.3 Å². The van der Waals surface area contributed by atoms with Gasteiger partial charge in [0.25, 0.3) is 5.91 Å². The Labute approximate surface area is 483 Å². The molecule has 2 saturated carbocycles. The Hall–Kier alpha value is -6.64. The minimum atomic E-state index is -1.56. The van der Waals surface area contributed by atoms with E-state index in [0.29, 0.717) is 54.7 Å². The highest BCUT2D eigenvalue weighted by Crippen LogP contribution is 2.50. The lowest BCUT2D eigenvalue weighted by atomic mass is 9.84. The summed E-state index contributed by atoms with van der Waals surface area (Å²) in [5.41, 5.74) is 10.4. The Morgan fingerprint density at radius 3 is 2.40 bits per heavy atom. The van der Waals surface area contributed by atoms with Gasteiger partial charge < -0.3 is 38.4 Å². The largest absolute Gasteiger partial charge is 0.593 e. The summed E-state index contributed by atoms with van der Waals surface area (Å²) < 4.78 is 35.7. The van der Waals surface area contributed by atoms with Crippen LogP contribution in [-0.4, -0.2) is 140 Å². The number of aromatic nitrogens is 2. The Balaban J connectivity index is 0.991. The minimum Gasteiger partial charge on any atom is -0.593 e. The molecule has 4 amide bonds. The van der Waals surface area contributed by atoms with Crippen LogP contribution in [0.5, 0.6) is 5.75 Å². The van der Waals surface area contributed by atoms with Crippen molar-refractivity contribution in [3.63, 3.8) is 0 Å². The minimum absolute atomic E-state index is 0.0597. The number of esters is 2. The Bertz CT molecular complexity index is 3250. The second-order valence-corrected chi connectivity index (χ2v) is 25.4. The van der Waals surface area contributed by atoms with Gasteiger partial charge in [-0.2, -0.15) is 0 Å². The average molecular weight is 1140 g/mol. The smallest absolute Gasteiger partial charge is 0.324 e. The molecule has 2 saturated heterocycles. The Morgan fingerprint density at radius 2 is 1.71 bits per heavy atom. The fourth-order valence-corrected chi connectivity index (χ4v) is 14.2. The fourth-order valence-electron chi connectivity index (χ4n) is 12.7. The van der Waals surface area contributed by atoms with Gasteiger partial charge >= 0.3 is 11.9 Å². The van der Waals surface area contributed by atoms with Crippen LogP contribution in [0.1, 0.15) is 114 Å². The molecule has 82 heavy (non-hydrogen) atoms. The molecule has 19 heteroatoms. The van der Waals surface area contributed by atoms with E-state index in [1.54, 1.807) is 43.8 Å². The zero-order valence-electron chi connectivity index (χ0n) is 48.7. The zero-order valence-corrected chi connectivity index (χ0v) is 49.5. The monoisotopic (exact) mass is 1140 g/mol. The molecule has 18 nitrogen and oxygen atoms in total. The molecule has 0 radical (unpaired) electrons. The average Bonchev–Trinajstić information content (AvgIpc) is 4.46. The van der Waals surface area contributed by atoms with Gasteiger partial charge in [-0.1, -0.05) is 56.5 Å². The second kappa shape index (κ2) is 24.3. The number of rotatable bonds is 15. The number of hydrazine groups is 1. The molecule has 2 unspecified atom stereocenters. The molecule has 436 valence electrons. The van der Waals surface area contributed by atoms with Gasteiger partial charge in [0, 0.05) is 75.7 Å². The first-order valence-electron chi connectivity index (χ1n) is 29.0. The number of carbonyl (C=O) groups excluding carboxylic acids is 6. The number of carbonyl (C=O) groups is 6. The highest BCUT2D eigenvalue weighted by molar-refractivity contribution is 7.89. The molecule has 3 aromatic carbocycles. The fraction of sp³-hybridized carbons (Fsp3) is 0.508. The predicted molar refractivity (Wildman–Crippen MR) is 311 cm³/mol. The van der Waals surface area contributed by atoms with Crippen LogP contribution in [0.2, 0.25) is 0 Å². The summed E-state index contributed by atoms with van der Waals surface area (Å²) in [5, 5.41) is 5.46. The van der Waals surface area contributed by atoms with Gasteiger partial charge in [-0.05, 0) is 148 Å². The number of amides is 4. The summed E-state index contributed by atoms with van der Waals surface area (Å²) in [4.78, 5) is 94.3. The van der Waals surface area contributed by atoms with Crippen LogP contribution in [-0.2, 0) is 69.0 Å². The number of ether oxygens (including phenoxy) is 3. The molecule has 2 aliphatic carbocycles. The molecule has 6 bridgehead atoms. The summed E-state index contributed by atoms with van der Waals surface area (Å²) in [6.45, 7) is 12.1. The maximum absolute atomic E-state index is 15.2. The number of cyclic esters (lactones) is 1. The third-order valence-corrected chi connectivity index (χ3v) is 18.7. The summed E-state index contributed by atoms with van der Waals surface area (Å²) in [6.07, 6.45) is 7.70. The van der Waals surface area contributed by atoms with Crippen molar-refractivity contribution in [2.45, 2.75) is 154 Å². The van der Waals surface area contributed by atoms with Crippen LogP contribution in [0, 0.1) is 24.2 Å². The summed E-state index contributed by atoms with van der Waals surface area (Å²) >= 11 is -1.56. The molecule has 5 aromatic rings. The van der Waals surface area contributed by atoms with E-state index < -0.39 is 70.6 Å². The van der Waals surface area contributed by atoms with Crippen molar-refractivity contribution >= 4 is 57.8 Å². The third kappa shape index (κ3) is 12.3. The molecular formula is C63H78N8O10S. The number of nitrogens with one attached hydrogen (secondary N) is 2. The molecular weight excluding hydrogens is 1060 g/mol. The topological polar surface area (TPSA) is 208 Å². The van der Waals surface area contributed by atoms with E-state index in [9.17, 15) is 23.7 Å². The van der Waals surface area contributed by atoms with Crippen LogP contribution in [0.15, 0.2) is 83.9 Å². The number of nitrogens with zero attached hydrogens (tertiary/aromatic N) is 6. The normalized spacial score (nSPS) is 23.0. The summed E-state index contributed by atoms with van der Waals surface area (Å²) in [6, 6.07) is 19.2. The van der Waals surface area contributed by atoms with Gasteiger partial charge in [-0.15, -0.1) is 4.31 Å². The lowest BCUT2D eigenvalue weighted by Crippen LogP contribution is -2.62. The zero-order chi connectivity index (χ0) is 58.3. The second-order valence-electron chi connectivity index (χ2n) is 24.0. The van der Waals surface area contributed by atoms with Crippen LogP contribution in [0.3, 0.4) is 0 Å². The van der Waals surface area contributed by atoms with E-state index in [-0.39, 0.29) is 61.8 Å². The van der Waals surface area contributed by atoms with Crippen LogP contribution in [0.4, 0.5) is 0 Å². The van der Waals surface area contributed by atoms with Crippen molar-refractivity contribution in [1.29, 1.82) is 0 Å². The van der Waals surface area contributed by atoms with E-state index in [4.69, 9.17) is 19.2 Å². The van der Waals surface area contributed by atoms with Gasteiger partial charge in [-0.3, -0.25) is 38.8 Å². The highest BCUT2D eigenvalue weighted by Gasteiger charge is 2.66. The van der Waals surface area contributed by atoms with E-state index in [1.807, 2.05) is 56.3 Å². The number of pyridine rings is 1. The first-order chi connectivity index (χ1) is 39.2. The van der Waals surface area contributed by atoms with Crippen molar-refractivity contribution in [3.8, 4) is 28.1 Å². The molecule has 0 spiro atoms. The lowest BCUT2D eigenvalue weighted by Gasteiger charge is -2.37. The lowest BCUT2D eigenvalue weighted by molar-refractivity contribution is -0.155. The van der Waals surface area contributed by atoms with E-state index >= 15 is 9.59 Å². The van der Waals surface area contributed by atoms with Crippen molar-refractivity contribution in [3.05, 3.63) is 101 Å². The quantitative estimate of drug-likeness (QED) is 0.0448. The maximum atomic E-state index is 15.2. The molecule has 3 aliphatic heterocycles. The Kier molecular flexibility index (Phi) is 17.3. The molecule has 2 aromatic heterocycles. The van der Waals surface area contributed by atoms with Gasteiger partial charge in [0.2, 0.25) is 17.7 Å². The Morgan fingerprint density at radius 1 is 0.963 bits per heavy atom. The van der Waals surface area contributed by atoms with Crippen LogP contribution in [0.25, 0.3) is 33.3 Å². The van der Waals surface area contributed by atoms with E-state index in [1.165, 1.54) is 21.7 Å². The first kappa shape index (κ1) is 58.6. The van der Waals surface area contributed by atoms with E-state index in [0.717, 1.165) is 70.2 Å². The highest BCUT2D eigenvalue weighted by atomic mass is 32.2. The number of methoxy groups -OCH3 is 1. The molecule has 5 aliphatic rings. The number of likely N-dealkylation sites (N-methyl/N-ethyl adjacent to an activating group) is 2.